The van der Waals surface area contributed by atoms with Crippen LogP contribution in [0.25, 0.3) is 5.78 Å². The fourth-order valence-electron chi connectivity index (χ4n) is 2.88. The summed E-state index contributed by atoms with van der Waals surface area (Å²) in [5, 5.41) is 7.58. The summed E-state index contributed by atoms with van der Waals surface area (Å²) in [6.07, 6.45) is 0. The lowest BCUT2D eigenvalue weighted by Gasteiger charge is -2.11. The van der Waals surface area contributed by atoms with Gasteiger partial charge in [0.1, 0.15) is 11.6 Å². The number of aryl methyl sites for hydroxylation is 3. The smallest absolute Gasteiger partial charge is 0.261 e. The molecule has 2 heterocycles. The maximum absolute atomic E-state index is 12.6. The number of hydrogen-bond donors (Lipinski definition) is 2. The number of fused-ring (bicyclic) bond motifs is 1. The van der Waals surface area contributed by atoms with Crippen LogP contribution in [-0.2, 0) is 10.0 Å². The molecule has 30 heavy (non-hydrogen) atoms. The SMILES string of the molecule is Cc1ccc(NS(=O)(=O)c2ccc(Nc3cc(C)nc4nc(C)nn34)cc2)cc1.Cl. The predicted molar refractivity (Wildman–Crippen MR) is 119 cm³/mol. The third kappa shape index (κ3) is 4.52. The van der Waals surface area contributed by atoms with Crippen molar-refractivity contribution in [2.45, 2.75) is 25.7 Å². The van der Waals surface area contributed by atoms with Crippen molar-refractivity contribution in [3.63, 3.8) is 0 Å². The molecular weight excluding hydrogens is 424 g/mol. The van der Waals surface area contributed by atoms with Crippen LogP contribution in [0.2, 0.25) is 0 Å². The molecule has 0 atom stereocenters. The van der Waals surface area contributed by atoms with Gasteiger partial charge in [-0.1, -0.05) is 17.7 Å². The van der Waals surface area contributed by atoms with E-state index in [0.29, 0.717) is 23.1 Å². The number of nitrogens with zero attached hydrogens (tertiary/aromatic N) is 4. The van der Waals surface area contributed by atoms with Gasteiger partial charge in [0.05, 0.1) is 4.90 Å². The summed E-state index contributed by atoms with van der Waals surface area (Å²) < 4.78 is 29.4. The van der Waals surface area contributed by atoms with Gasteiger partial charge in [-0.25, -0.2) is 13.4 Å². The van der Waals surface area contributed by atoms with Gasteiger partial charge in [-0.05, 0) is 57.2 Å². The molecule has 0 fully saturated rings. The van der Waals surface area contributed by atoms with Crippen LogP contribution in [0.1, 0.15) is 17.1 Å². The van der Waals surface area contributed by atoms with E-state index in [9.17, 15) is 8.42 Å². The third-order valence-electron chi connectivity index (χ3n) is 4.29. The minimum absolute atomic E-state index is 0. The molecule has 10 heteroatoms. The normalized spacial score (nSPS) is 11.2. The first kappa shape index (κ1) is 21.5. The minimum atomic E-state index is -3.67. The van der Waals surface area contributed by atoms with E-state index in [2.05, 4.69) is 25.1 Å². The number of anilines is 3. The zero-order chi connectivity index (χ0) is 20.6. The zero-order valence-electron chi connectivity index (χ0n) is 16.6. The quantitative estimate of drug-likeness (QED) is 0.482. The summed E-state index contributed by atoms with van der Waals surface area (Å²) >= 11 is 0. The van der Waals surface area contributed by atoms with Gasteiger partial charge in [0.15, 0.2) is 0 Å². The molecule has 8 nitrogen and oxygen atoms in total. The molecule has 0 radical (unpaired) electrons. The first-order valence-electron chi connectivity index (χ1n) is 8.98. The maximum atomic E-state index is 12.6. The Labute approximate surface area is 180 Å². The van der Waals surface area contributed by atoms with Gasteiger partial charge in [0.2, 0.25) is 0 Å². The van der Waals surface area contributed by atoms with E-state index in [0.717, 1.165) is 16.9 Å². The molecule has 0 bridgehead atoms. The summed E-state index contributed by atoms with van der Waals surface area (Å²) in [6, 6.07) is 15.5. The van der Waals surface area contributed by atoms with Gasteiger partial charge in [-0.15, -0.1) is 17.5 Å². The van der Waals surface area contributed by atoms with Crippen LogP contribution in [-0.4, -0.2) is 28.0 Å². The molecule has 0 unspecified atom stereocenters. The summed E-state index contributed by atoms with van der Waals surface area (Å²) in [5.74, 6) is 1.82. The van der Waals surface area contributed by atoms with Crippen LogP contribution in [0.15, 0.2) is 59.5 Å². The van der Waals surface area contributed by atoms with Crippen molar-refractivity contribution < 1.29 is 8.42 Å². The monoisotopic (exact) mass is 444 g/mol. The van der Waals surface area contributed by atoms with Crippen LogP contribution in [0, 0.1) is 20.8 Å². The molecule has 2 N–H and O–H groups in total. The lowest BCUT2D eigenvalue weighted by Crippen LogP contribution is -2.12. The fraction of sp³-hybridized carbons (Fsp3) is 0.150. The number of benzene rings is 2. The Bertz CT molecular complexity index is 1290. The lowest BCUT2D eigenvalue weighted by molar-refractivity contribution is 0.601. The molecule has 0 saturated heterocycles. The number of rotatable bonds is 5. The van der Waals surface area contributed by atoms with Gasteiger partial charge in [0.25, 0.3) is 15.8 Å². The summed E-state index contributed by atoms with van der Waals surface area (Å²) in [6.45, 7) is 5.62. The molecule has 2 aromatic heterocycles. The van der Waals surface area contributed by atoms with Crippen LogP contribution >= 0.6 is 12.4 Å². The second kappa shape index (κ2) is 8.29. The molecule has 0 aliphatic carbocycles. The van der Waals surface area contributed by atoms with Crippen molar-refractivity contribution in [1.29, 1.82) is 0 Å². The molecule has 4 rings (SSSR count). The number of halogens is 1. The van der Waals surface area contributed by atoms with Gasteiger partial charge >= 0.3 is 0 Å². The van der Waals surface area contributed by atoms with Crippen LogP contribution < -0.4 is 10.0 Å². The molecular formula is C20H21ClN6O2S. The maximum Gasteiger partial charge on any atom is 0.261 e. The number of sulfonamides is 1. The van der Waals surface area contributed by atoms with Crippen molar-refractivity contribution in [2.75, 3.05) is 10.0 Å². The Balaban J connectivity index is 0.00000256. The van der Waals surface area contributed by atoms with E-state index in [1.807, 2.05) is 32.0 Å². The van der Waals surface area contributed by atoms with Crippen LogP contribution in [0.5, 0.6) is 0 Å². The fourth-order valence-corrected chi connectivity index (χ4v) is 3.94. The highest BCUT2D eigenvalue weighted by molar-refractivity contribution is 7.92. The molecule has 0 aliphatic rings. The third-order valence-corrected chi connectivity index (χ3v) is 5.68. The Hall–Kier alpha value is -3.17. The lowest BCUT2D eigenvalue weighted by atomic mass is 10.2. The van der Waals surface area contributed by atoms with Crippen molar-refractivity contribution in [1.82, 2.24) is 19.6 Å². The van der Waals surface area contributed by atoms with Crippen molar-refractivity contribution in [2.24, 2.45) is 0 Å². The van der Waals surface area contributed by atoms with E-state index in [1.54, 1.807) is 47.8 Å². The molecule has 2 aromatic carbocycles. The summed E-state index contributed by atoms with van der Waals surface area (Å²) in [7, 11) is -3.67. The topological polar surface area (TPSA) is 101 Å². The Kier molecular flexibility index (Phi) is 5.95. The summed E-state index contributed by atoms with van der Waals surface area (Å²) in [4.78, 5) is 8.81. The largest absolute Gasteiger partial charge is 0.340 e. The highest BCUT2D eigenvalue weighted by Crippen LogP contribution is 2.22. The average Bonchev–Trinajstić information content (AvgIpc) is 3.04. The molecule has 4 aromatic rings. The first-order chi connectivity index (χ1) is 13.8. The highest BCUT2D eigenvalue weighted by Gasteiger charge is 2.14. The van der Waals surface area contributed by atoms with Crippen molar-refractivity contribution >= 4 is 45.4 Å². The number of hydrogen-bond acceptors (Lipinski definition) is 6. The Morgan fingerprint density at radius 3 is 2.17 bits per heavy atom. The Morgan fingerprint density at radius 1 is 0.867 bits per heavy atom. The van der Waals surface area contributed by atoms with Gasteiger partial charge < -0.3 is 5.32 Å². The number of aromatic nitrogens is 4. The van der Waals surface area contributed by atoms with E-state index in [4.69, 9.17) is 0 Å². The minimum Gasteiger partial charge on any atom is -0.340 e. The Morgan fingerprint density at radius 2 is 1.50 bits per heavy atom. The molecule has 0 saturated carbocycles. The van der Waals surface area contributed by atoms with E-state index in [-0.39, 0.29) is 17.3 Å². The van der Waals surface area contributed by atoms with E-state index >= 15 is 0 Å². The molecule has 0 amide bonds. The van der Waals surface area contributed by atoms with Crippen molar-refractivity contribution in [3.05, 3.63) is 71.7 Å². The van der Waals surface area contributed by atoms with E-state index in [1.165, 1.54) is 0 Å². The van der Waals surface area contributed by atoms with E-state index < -0.39 is 10.0 Å². The standard InChI is InChI=1S/C20H20N6O2S.ClH/c1-13-4-6-17(7-5-13)25-29(27,28)18-10-8-16(9-11-18)23-19-12-14(2)21-20-22-15(3)24-26(19)20;/h4-12,23,25H,1-3H3;1H. The zero-order valence-corrected chi connectivity index (χ0v) is 18.3. The average molecular weight is 445 g/mol. The summed E-state index contributed by atoms with van der Waals surface area (Å²) in [5.41, 5.74) is 3.11. The number of nitrogens with one attached hydrogen (secondary N) is 2. The van der Waals surface area contributed by atoms with Crippen LogP contribution in [0.3, 0.4) is 0 Å². The second-order valence-electron chi connectivity index (χ2n) is 6.77. The molecule has 156 valence electrons. The van der Waals surface area contributed by atoms with Gasteiger partial charge in [0, 0.05) is 23.1 Å². The first-order valence-corrected chi connectivity index (χ1v) is 10.5. The van der Waals surface area contributed by atoms with Crippen LogP contribution in [0.4, 0.5) is 17.2 Å². The van der Waals surface area contributed by atoms with Gasteiger partial charge in [-0.3, -0.25) is 4.72 Å². The second-order valence-corrected chi connectivity index (χ2v) is 8.46. The predicted octanol–water partition coefficient (Wildman–Crippen LogP) is 4.02. The molecule has 0 aliphatic heterocycles. The highest BCUT2D eigenvalue weighted by atomic mass is 35.5. The van der Waals surface area contributed by atoms with Gasteiger partial charge in [-0.2, -0.15) is 9.50 Å². The van der Waals surface area contributed by atoms with Crippen molar-refractivity contribution in [3.8, 4) is 0 Å². The molecule has 0 spiro atoms.